The van der Waals surface area contributed by atoms with Gasteiger partial charge in [0, 0.05) is 24.8 Å². The molecular formula is C17H22N2O. The molecule has 2 aromatic rings. The molecular weight excluding hydrogens is 248 g/mol. The van der Waals surface area contributed by atoms with E-state index in [-0.39, 0.29) is 0 Å². The first-order valence-electron chi connectivity index (χ1n) is 6.89. The minimum absolute atomic E-state index is 0.317. The molecule has 3 nitrogen and oxygen atoms in total. The fraction of sp³-hybridized carbons (Fsp3) is 0.353. The van der Waals surface area contributed by atoms with Gasteiger partial charge >= 0.3 is 0 Å². The third kappa shape index (κ3) is 3.58. The molecule has 0 saturated carbocycles. The highest BCUT2D eigenvalue weighted by Crippen LogP contribution is 2.19. The predicted molar refractivity (Wildman–Crippen MR) is 82.0 cm³/mol. The Morgan fingerprint density at radius 3 is 2.65 bits per heavy atom. The minimum Gasteiger partial charge on any atom is -0.481 e. The van der Waals surface area contributed by atoms with Crippen molar-refractivity contribution in [3.63, 3.8) is 0 Å². The van der Waals surface area contributed by atoms with Gasteiger partial charge in [-0.1, -0.05) is 29.8 Å². The molecule has 1 aromatic heterocycles. The van der Waals surface area contributed by atoms with Gasteiger partial charge in [0.2, 0.25) is 5.88 Å². The Balaban J connectivity index is 2.00. The third-order valence-electron chi connectivity index (χ3n) is 3.52. The summed E-state index contributed by atoms with van der Waals surface area (Å²) in [4.78, 5) is 4.22. The zero-order valence-electron chi connectivity index (χ0n) is 12.6. The summed E-state index contributed by atoms with van der Waals surface area (Å²) in [5.74, 6) is 0.649. The Morgan fingerprint density at radius 2 is 2.00 bits per heavy atom. The predicted octanol–water partition coefficient (Wildman–Crippen LogP) is 3.56. The Hall–Kier alpha value is -1.87. The molecule has 0 saturated heterocycles. The first kappa shape index (κ1) is 14.5. The third-order valence-corrected chi connectivity index (χ3v) is 3.52. The van der Waals surface area contributed by atoms with Gasteiger partial charge in [-0.05, 0) is 37.5 Å². The highest BCUT2D eigenvalue weighted by Gasteiger charge is 2.08. The maximum Gasteiger partial charge on any atom is 0.212 e. The Kier molecular flexibility index (Phi) is 4.74. The molecule has 0 aliphatic rings. The van der Waals surface area contributed by atoms with Crippen molar-refractivity contribution in [2.45, 2.75) is 33.4 Å². The van der Waals surface area contributed by atoms with Crippen LogP contribution in [0.5, 0.6) is 5.88 Å². The van der Waals surface area contributed by atoms with Crippen molar-refractivity contribution in [1.82, 2.24) is 10.3 Å². The quantitative estimate of drug-likeness (QED) is 0.902. The van der Waals surface area contributed by atoms with Gasteiger partial charge in [-0.15, -0.1) is 0 Å². The maximum absolute atomic E-state index is 5.06. The average molecular weight is 270 g/mol. The molecule has 3 heteroatoms. The molecule has 0 bridgehead atoms. The van der Waals surface area contributed by atoms with Crippen LogP contribution in [0.1, 0.15) is 35.2 Å². The van der Waals surface area contributed by atoms with Crippen LogP contribution in [-0.4, -0.2) is 12.1 Å². The second-order valence-corrected chi connectivity index (χ2v) is 5.17. The van der Waals surface area contributed by atoms with Crippen LogP contribution in [0, 0.1) is 13.8 Å². The van der Waals surface area contributed by atoms with Gasteiger partial charge in [0.25, 0.3) is 0 Å². The number of hydrogen-bond donors (Lipinski definition) is 1. The number of hydrogen-bond acceptors (Lipinski definition) is 3. The van der Waals surface area contributed by atoms with Gasteiger partial charge < -0.3 is 10.1 Å². The fourth-order valence-electron chi connectivity index (χ4n) is 2.24. The number of pyridine rings is 1. The zero-order chi connectivity index (χ0) is 14.5. The van der Waals surface area contributed by atoms with E-state index in [0.29, 0.717) is 11.9 Å². The van der Waals surface area contributed by atoms with Crippen LogP contribution in [0.2, 0.25) is 0 Å². The van der Waals surface area contributed by atoms with Gasteiger partial charge in [-0.2, -0.15) is 0 Å². The molecule has 0 amide bonds. The summed E-state index contributed by atoms with van der Waals surface area (Å²) in [5.41, 5.74) is 5.13. The molecule has 20 heavy (non-hydrogen) atoms. The smallest absolute Gasteiger partial charge is 0.212 e. The number of benzene rings is 1. The topological polar surface area (TPSA) is 34.1 Å². The van der Waals surface area contributed by atoms with Crippen molar-refractivity contribution in [3.05, 3.63) is 58.8 Å². The van der Waals surface area contributed by atoms with Crippen molar-refractivity contribution in [3.8, 4) is 5.88 Å². The SMILES string of the molecule is COc1ccc(CNC(C)c2cc(C)ccc2C)cn1. The second-order valence-electron chi connectivity index (χ2n) is 5.17. The highest BCUT2D eigenvalue weighted by atomic mass is 16.5. The van der Waals surface area contributed by atoms with Crippen molar-refractivity contribution >= 4 is 0 Å². The molecule has 1 unspecified atom stereocenters. The van der Waals surface area contributed by atoms with E-state index in [4.69, 9.17) is 4.74 Å². The highest BCUT2D eigenvalue weighted by molar-refractivity contribution is 5.32. The number of nitrogens with zero attached hydrogens (tertiary/aromatic N) is 1. The van der Waals surface area contributed by atoms with E-state index in [1.807, 2.05) is 18.3 Å². The molecule has 106 valence electrons. The van der Waals surface area contributed by atoms with Crippen molar-refractivity contribution in [2.75, 3.05) is 7.11 Å². The number of aryl methyl sites for hydroxylation is 2. The Morgan fingerprint density at radius 1 is 1.20 bits per heavy atom. The summed E-state index contributed by atoms with van der Waals surface area (Å²) in [5, 5.41) is 3.54. The summed E-state index contributed by atoms with van der Waals surface area (Å²) >= 11 is 0. The molecule has 2 rings (SSSR count). The lowest BCUT2D eigenvalue weighted by Crippen LogP contribution is -2.19. The molecule has 0 radical (unpaired) electrons. The Labute approximate surface area is 121 Å². The largest absolute Gasteiger partial charge is 0.481 e. The standard InChI is InChI=1S/C17H22N2O/c1-12-5-6-13(2)16(9-12)14(3)18-10-15-7-8-17(20-4)19-11-15/h5-9,11,14,18H,10H2,1-4H3. The molecule has 1 aromatic carbocycles. The lowest BCUT2D eigenvalue weighted by atomic mass is 10.00. The van der Waals surface area contributed by atoms with E-state index in [1.54, 1.807) is 7.11 Å². The molecule has 0 aliphatic carbocycles. The minimum atomic E-state index is 0.317. The molecule has 1 N–H and O–H groups in total. The summed E-state index contributed by atoms with van der Waals surface area (Å²) in [7, 11) is 1.63. The van der Waals surface area contributed by atoms with E-state index in [2.05, 4.69) is 49.3 Å². The van der Waals surface area contributed by atoms with Gasteiger partial charge in [-0.3, -0.25) is 0 Å². The lowest BCUT2D eigenvalue weighted by Gasteiger charge is -2.17. The average Bonchev–Trinajstić information content (AvgIpc) is 2.47. The van der Waals surface area contributed by atoms with E-state index in [9.17, 15) is 0 Å². The summed E-state index contributed by atoms with van der Waals surface area (Å²) < 4.78 is 5.06. The second kappa shape index (κ2) is 6.53. The first-order valence-corrected chi connectivity index (χ1v) is 6.89. The first-order chi connectivity index (χ1) is 9.60. The summed E-state index contributed by atoms with van der Waals surface area (Å²) in [6.45, 7) is 7.27. The van der Waals surface area contributed by atoms with Crippen LogP contribution < -0.4 is 10.1 Å². The number of rotatable bonds is 5. The van der Waals surface area contributed by atoms with Crippen LogP contribution in [-0.2, 0) is 6.54 Å². The van der Waals surface area contributed by atoms with Crippen LogP contribution in [0.15, 0.2) is 36.5 Å². The van der Waals surface area contributed by atoms with Gasteiger partial charge in [0.15, 0.2) is 0 Å². The number of methoxy groups -OCH3 is 1. The van der Waals surface area contributed by atoms with E-state index < -0.39 is 0 Å². The van der Waals surface area contributed by atoms with Crippen LogP contribution in [0.3, 0.4) is 0 Å². The monoisotopic (exact) mass is 270 g/mol. The molecule has 0 spiro atoms. The van der Waals surface area contributed by atoms with Crippen molar-refractivity contribution in [2.24, 2.45) is 0 Å². The van der Waals surface area contributed by atoms with Gasteiger partial charge in [0.05, 0.1) is 7.11 Å². The Bertz CT molecular complexity index is 564. The van der Waals surface area contributed by atoms with Crippen LogP contribution in [0.25, 0.3) is 0 Å². The summed E-state index contributed by atoms with van der Waals surface area (Å²) in [6, 6.07) is 10.8. The number of nitrogens with one attached hydrogen (secondary N) is 1. The number of ether oxygens (including phenoxy) is 1. The van der Waals surface area contributed by atoms with E-state index in [0.717, 1.165) is 12.1 Å². The summed E-state index contributed by atoms with van der Waals surface area (Å²) in [6.07, 6.45) is 1.85. The fourth-order valence-corrected chi connectivity index (χ4v) is 2.24. The van der Waals surface area contributed by atoms with E-state index in [1.165, 1.54) is 16.7 Å². The zero-order valence-corrected chi connectivity index (χ0v) is 12.6. The number of aromatic nitrogens is 1. The van der Waals surface area contributed by atoms with Crippen molar-refractivity contribution in [1.29, 1.82) is 0 Å². The normalized spacial score (nSPS) is 12.2. The molecule has 0 fully saturated rings. The van der Waals surface area contributed by atoms with Crippen LogP contribution in [0.4, 0.5) is 0 Å². The van der Waals surface area contributed by atoms with Gasteiger partial charge in [0.1, 0.15) is 0 Å². The molecule has 0 aliphatic heterocycles. The van der Waals surface area contributed by atoms with Crippen molar-refractivity contribution < 1.29 is 4.74 Å². The molecule has 1 atom stereocenters. The lowest BCUT2D eigenvalue weighted by molar-refractivity contribution is 0.397. The molecule has 1 heterocycles. The maximum atomic E-state index is 5.06. The van der Waals surface area contributed by atoms with Gasteiger partial charge in [-0.25, -0.2) is 4.98 Å². The van der Waals surface area contributed by atoms with Crippen LogP contribution >= 0.6 is 0 Å². The van der Waals surface area contributed by atoms with E-state index >= 15 is 0 Å².